The van der Waals surface area contributed by atoms with Gasteiger partial charge < -0.3 is 10.2 Å². The number of benzene rings is 1. The van der Waals surface area contributed by atoms with Gasteiger partial charge in [-0.3, -0.25) is 0 Å². The van der Waals surface area contributed by atoms with E-state index in [9.17, 15) is 9.18 Å². The topological polar surface area (TPSA) is 32.3 Å². The number of carbonyl (C=O) groups is 1. The molecule has 0 aliphatic heterocycles. The maximum Gasteiger partial charge on any atom is 0.318 e. The van der Waals surface area contributed by atoms with Crippen LogP contribution in [0.25, 0.3) is 0 Å². The van der Waals surface area contributed by atoms with Crippen molar-refractivity contribution in [3.63, 3.8) is 0 Å². The molecule has 0 saturated heterocycles. The minimum Gasteiger partial charge on any atom is -0.328 e. The Morgan fingerprint density at radius 1 is 1.39 bits per heavy atom. The lowest BCUT2D eigenvalue weighted by Crippen LogP contribution is -2.44. The molecule has 1 aromatic rings. The summed E-state index contributed by atoms with van der Waals surface area (Å²) in [6.45, 7) is 5.26. The van der Waals surface area contributed by atoms with E-state index in [0.29, 0.717) is 13.1 Å². The molecular weight excluding hydrogens is 231 g/mol. The van der Waals surface area contributed by atoms with Crippen molar-refractivity contribution in [1.82, 2.24) is 10.2 Å². The molecule has 0 aromatic heterocycles. The largest absolute Gasteiger partial charge is 0.328 e. The molecule has 3 nitrogen and oxygen atoms in total. The lowest BCUT2D eigenvalue weighted by Gasteiger charge is -2.24. The predicted octanol–water partition coefficient (Wildman–Crippen LogP) is 2.87. The highest BCUT2D eigenvalue weighted by atomic mass is 19.1. The van der Waals surface area contributed by atoms with Crippen LogP contribution in [0.2, 0.25) is 0 Å². The molecule has 2 rings (SSSR count). The van der Waals surface area contributed by atoms with Crippen LogP contribution in [0.1, 0.15) is 32.3 Å². The number of hydrogen-bond acceptors (Lipinski definition) is 1. The Balaban J connectivity index is 2.11. The first-order chi connectivity index (χ1) is 8.61. The average Bonchev–Trinajstić information content (AvgIpc) is 3.11. The van der Waals surface area contributed by atoms with Crippen LogP contribution in [0.3, 0.4) is 0 Å². The molecule has 1 fully saturated rings. The molecular formula is C14H19FN2O. The van der Waals surface area contributed by atoms with E-state index in [2.05, 4.69) is 5.32 Å². The SMILES string of the molecule is CCN(CC)C(=O)NC1(c2cccc(F)c2)CC1. The van der Waals surface area contributed by atoms with Crippen LogP contribution in [-0.4, -0.2) is 24.0 Å². The molecule has 2 amide bonds. The number of halogens is 1. The zero-order valence-corrected chi connectivity index (χ0v) is 10.9. The normalized spacial score (nSPS) is 16.2. The second-order valence-electron chi connectivity index (χ2n) is 4.69. The Kier molecular flexibility index (Phi) is 3.55. The molecule has 4 heteroatoms. The van der Waals surface area contributed by atoms with Crippen LogP contribution in [0, 0.1) is 5.82 Å². The molecule has 0 radical (unpaired) electrons. The number of amides is 2. The van der Waals surface area contributed by atoms with Gasteiger partial charge in [-0.1, -0.05) is 12.1 Å². The Labute approximate surface area is 107 Å². The van der Waals surface area contributed by atoms with E-state index in [4.69, 9.17) is 0 Å². The van der Waals surface area contributed by atoms with E-state index in [1.807, 2.05) is 19.9 Å². The van der Waals surface area contributed by atoms with Gasteiger partial charge in [-0.2, -0.15) is 0 Å². The lowest BCUT2D eigenvalue weighted by molar-refractivity contribution is 0.197. The van der Waals surface area contributed by atoms with Crippen LogP contribution in [-0.2, 0) is 5.54 Å². The maximum absolute atomic E-state index is 13.2. The standard InChI is InChI=1S/C14H19FN2O/c1-3-17(4-2)13(18)16-14(8-9-14)11-6-5-7-12(15)10-11/h5-7,10H,3-4,8-9H2,1-2H3,(H,16,18). The number of hydrogen-bond donors (Lipinski definition) is 1. The van der Waals surface area contributed by atoms with Crippen molar-refractivity contribution in [2.24, 2.45) is 0 Å². The van der Waals surface area contributed by atoms with E-state index < -0.39 is 0 Å². The molecule has 1 saturated carbocycles. The summed E-state index contributed by atoms with van der Waals surface area (Å²) in [4.78, 5) is 13.8. The van der Waals surface area contributed by atoms with Gasteiger partial charge in [0.05, 0.1) is 5.54 Å². The number of nitrogens with zero attached hydrogens (tertiary/aromatic N) is 1. The highest BCUT2D eigenvalue weighted by Gasteiger charge is 2.46. The van der Waals surface area contributed by atoms with Crippen LogP contribution < -0.4 is 5.32 Å². The first-order valence-electron chi connectivity index (χ1n) is 6.44. The van der Waals surface area contributed by atoms with E-state index in [0.717, 1.165) is 18.4 Å². The number of carbonyl (C=O) groups excluding carboxylic acids is 1. The van der Waals surface area contributed by atoms with Gasteiger partial charge in [0.2, 0.25) is 0 Å². The monoisotopic (exact) mass is 250 g/mol. The number of rotatable bonds is 4. The zero-order chi connectivity index (χ0) is 13.2. The van der Waals surface area contributed by atoms with Crippen molar-refractivity contribution < 1.29 is 9.18 Å². The van der Waals surface area contributed by atoms with Crippen LogP contribution in [0.5, 0.6) is 0 Å². The van der Waals surface area contributed by atoms with Crippen molar-refractivity contribution in [3.8, 4) is 0 Å². The first kappa shape index (κ1) is 12.9. The highest BCUT2D eigenvalue weighted by molar-refractivity contribution is 5.76. The fourth-order valence-electron chi connectivity index (χ4n) is 2.19. The van der Waals surface area contributed by atoms with Crippen molar-refractivity contribution in [1.29, 1.82) is 0 Å². The summed E-state index contributed by atoms with van der Waals surface area (Å²) >= 11 is 0. The lowest BCUT2D eigenvalue weighted by atomic mass is 10.1. The van der Waals surface area contributed by atoms with Crippen LogP contribution in [0.15, 0.2) is 24.3 Å². The van der Waals surface area contributed by atoms with Gasteiger partial charge >= 0.3 is 6.03 Å². The van der Waals surface area contributed by atoms with Crippen molar-refractivity contribution >= 4 is 6.03 Å². The predicted molar refractivity (Wildman–Crippen MR) is 68.8 cm³/mol. The van der Waals surface area contributed by atoms with Gasteiger partial charge in [0.1, 0.15) is 5.82 Å². The minimum atomic E-state index is -0.345. The number of nitrogens with one attached hydrogen (secondary N) is 1. The average molecular weight is 250 g/mol. The Morgan fingerprint density at radius 3 is 2.56 bits per heavy atom. The highest BCUT2D eigenvalue weighted by Crippen LogP contribution is 2.45. The van der Waals surface area contributed by atoms with E-state index in [1.165, 1.54) is 12.1 Å². The molecule has 1 N–H and O–H groups in total. The van der Waals surface area contributed by atoms with Gasteiger partial charge in [-0.05, 0) is 44.4 Å². The van der Waals surface area contributed by atoms with Gasteiger partial charge in [0, 0.05) is 13.1 Å². The third kappa shape index (κ3) is 2.47. The fourth-order valence-corrected chi connectivity index (χ4v) is 2.19. The van der Waals surface area contributed by atoms with E-state index in [-0.39, 0.29) is 17.4 Å². The molecule has 1 aliphatic rings. The molecule has 1 aliphatic carbocycles. The molecule has 0 spiro atoms. The third-order valence-electron chi connectivity index (χ3n) is 3.52. The Bertz CT molecular complexity index is 439. The minimum absolute atomic E-state index is 0.0678. The second-order valence-corrected chi connectivity index (χ2v) is 4.69. The summed E-state index contributed by atoms with van der Waals surface area (Å²) in [6, 6.07) is 6.43. The number of urea groups is 1. The smallest absolute Gasteiger partial charge is 0.318 e. The van der Waals surface area contributed by atoms with Crippen molar-refractivity contribution in [2.45, 2.75) is 32.2 Å². The maximum atomic E-state index is 13.2. The quantitative estimate of drug-likeness (QED) is 0.875. The van der Waals surface area contributed by atoms with Gasteiger partial charge in [-0.25, -0.2) is 9.18 Å². The molecule has 0 atom stereocenters. The summed E-state index contributed by atoms with van der Waals surface area (Å²) < 4.78 is 13.2. The zero-order valence-electron chi connectivity index (χ0n) is 10.9. The van der Waals surface area contributed by atoms with Gasteiger partial charge in [0.15, 0.2) is 0 Å². The van der Waals surface area contributed by atoms with Crippen LogP contribution in [0.4, 0.5) is 9.18 Å². The van der Waals surface area contributed by atoms with Gasteiger partial charge in [0.25, 0.3) is 0 Å². The summed E-state index contributed by atoms with van der Waals surface area (Å²) in [5.74, 6) is -0.254. The summed E-state index contributed by atoms with van der Waals surface area (Å²) in [5, 5.41) is 3.03. The fraction of sp³-hybridized carbons (Fsp3) is 0.500. The Hall–Kier alpha value is -1.58. The van der Waals surface area contributed by atoms with Crippen LogP contribution >= 0.6 is 0 Å². The second kappa shape index (κ2) is 4.96. The van der Waals surface area contributed by atoms with Crippen molar-refractivity contribution in [3.05, 3.63) is 35.6 Å². The van der Waals surface area contributed by atoms with Gasteiger partial charge in [-0.15, -0.1) is 0 Å². The Morgan fingerprint density at radius 2 is 2.06 bits per heavy atom. The third-order valence-corrected chi connectivity index (χ3v) is 3.52. The molecule has 1 aromatic carbocycles. The molecule has 98 valence electrons. The molecule has 0 heterocycles. The first-order valence-corrected chi connectivity index (χ1v) is 6.44. The summed E-state index contributed by atoms with van der Waals surface area (Å²) in [6.07, 6.45) is 1.76. The van der Waals surface area contributed by atoms with E-state index >= 15 is 0 Å². The molecule has 18 heavy (non-hydrogen) atoms. The molecule has 0 unspecified atom stereocenters. The molecule has 0 bridgehead atoms. The van der Waals surface area contributed by atoms with Crippen molar-refractivity contribution in [2.75, 3.05) is 13.1 Å². The summed E-state index contributed by atoms with van der Waals surface area (Å²) in [7, 11) is 0. The summed E-state index contributed by atoms with van der Waals surface area (Å²) in [5.41, 5.74) is 0.518. The van der Waals surface area contributed by atoms with E-state index in [1.54, 1.807) is 11.0 Å².